The van der Waals surface area contributed by atoms with E-state index in [-0.39, 0.29) is 24.5 Å². The molecule has 1 aliphatic rings. The van der Waals surface area contributed by atoms with E-state index < -0.39 is 0 Å². The van der Waals surface area contributed by atoms with Crippen LogP contribution in [-0.4, -0.2) is 61.8 Å². The van der Waals surface area contributed by atoms with Crippen LogP contribution in [0, 0.1) is 5.92 Å². The maximum Gasteiger partial charge on any atom is 0.222 e. The fourth-order valence-corrected chi connectivity index (χ4v) is 4.36. The number of rotatable bonds is 10. The largest absolute Gasteiger partial charge is 0.496 e. The van der Waals surface area contributed by atoms with Crippen molar-refractivity contribution in [2.75, 3.05) is 40.3 Å². The first-order valence-electron chi connectivity index (χ1n) is 11.2. The molecule has 1 fully saturated rings. The summed E-state index contributed by atoms with van der Waals surface area (Å²) < 4.78 is 5.47. The zero-order valence-electron chi connectivity index (χ0n) is 18.8. The van der Waals surface area contributed by atoms with Crippen LogP contribution in [0.2, 0.25) is 0 Å². The van der Waals surface area contributed by atoms with Crippen LogP contribution in [0.3, 0.4) is 0 Å². The predicted molar refractivity (Wildman–Crippen MR) is 124 cm³/mol. The van der Waals surface area contributed by atoms with Crippen LogP contribution in [-0.2, 0) is 11.2 Å². The Hall–Kier alpha value is -2.66. The van der Waals surface area contributed by atoms with E-state index in [1.54, 1.807) is 19.2 Å². The highest BCUT2D eigenvalue weighted by Crippen LogP contribution is 2.21. The van der Waals surface area contributed by atoms with Gasteiger partial charge < -0.3 is 14.5 Å². The molecule has 5 heteroatoms. The normalized spacial score (nSPS) is 16.6. The molecular weight excluding hydrogens is 388 g/mol. The minimum Gasteiger partial charge on any atom is -0.496 e. The van der Waals surface area contributed by atoms with Gasteiger partial charge in [-0.15, -0.1) is 0 Å². The average molecular weight is 423 g/mol. The van der Waals surface area contributed by atoms with Crippen molar-refractivity contribution in [2.24, 2.45) is 5.92 Å². The summed E-state index contributed by atoms with van der Waals surface area (Å²) in [5.41, 5.74) is 1.92. The molecule has 3 rings (SSSR count). The van der Waals surface area contributed by atoms with Gasteiger partial charge in [-0.25, -0.2) is 0 Å². The van der Waals surface area contributed by atoms with Crippen molar-refractivity contribution >= 4 is 11.7 Å². The van der Waals surface area contributed by atoms with Gasteiger partial charge in [0.25, 0.3) is 0 Å². The van der Waals surface area contributed by atoms with Crippen LogP contribution in [0.1, 0.15) is 41.6 Å². The standard InChI is InChI=1S/C26H34N2O3/c1-27(26(30)15-14-24(29)22-10-4-3-5-11-22)19-21-9-8-17-28(20-21)18-16-23-12-6-7-13-25(23)31-2/h3-7,10-13,21H,8-9,14-20H2,1-2H3/t21-/m1/s1. The van der Waals surface area contributed by atoms with Gasteiger partial charge in [-0.1, -0.05) is 48.5 Å². The Bertz CT molecular complexity index is 853. The van der Waals surface area contributed by atoms with Gasteiger partial charge in [0.15, 0.2) is 5.78 Å². The van der Waals surface area contributed by atoms with Gasteiger partial charge in [0.1, 0.15) is 5.75 Å². The summed E-state index contributed by atoms with van der Waals surface area (Å²) in [5, 5.41) is 0. The number of carbonyl (C=O) groups excluding carboxylic acids is 2. The Balaban J connectivity index is 1.42. The van der Waals surface area contributed by atoms with Gasteiger partial charge in [0.2, 0.25) is 5.91 Å². The first kappa shape index (κ1) is 23.0. The lowest BCUT2D eigenvalue weighted by Gasteiger charge is -2.34. The second-order valence-corrected chi connectivity index (χ2v) is 8.43. The molecule has 1 aliphatic heterocycles. The third kappa shape index (κ3) is 6.93. The van der Waals surface area contributed by atoms with Gasteiger partial charge >= 0.3 is 0 Å². The number of Topliss-reactive ketones (excluding diaryl/α,β-unsaturated/α-hetero) is 1. The molecule has 166 valence electrons. The van der Waals surface area contributed by atoms with Crippen LogP contribution in [0.5, 0.6) is 5.75 Å². The first-order valence-corrected chi connectivity index (χ1v) is 11.2. The van der Waals surface area contributed by atoms with E-state index in [0.717, 1.165) is 51.2 Å². The molecule has 5 nitrogen and oxygen atoms in total. The number of amides is 1. The van der Waals surface area contributed by atoms with Gasteiger partial charge in [-0.2, -0.15) is 0 Å². The number of para-hydroxylation sites is 1. The number of hydrogen-bond acceptors (Lipinski definition) is 4. The molecule has 0 saturated carbocycles. The number of hydrogen-bond donors (Lipinski definition) is 0. The highest BCUT2D eigenvalue weighted by Gasteiger charge is 2.23. The number of methoxy groups -OCH3 is 1. The van der Waals surface area contributed by atoms with Crippen LogP contribution in [0.4, 0.5) is 0 Å². The zero-order chi connectivity index (χ0) is 22.1. The molecule has 0 aliphatic carbocycles. The van der Waals surface area contributed by atoms with Crippen LogP contribution < -0.4 is 4.74 Å². The highest BCUT2D eigenvalue weighted by atomic mass is 16.5. The van der Waals surface area contributed by atoms with Crippen LogP contribution >= 0.6 is 0 Å². The lowest BCUT2D eigenvalue weighted by Crippen LogP contribution is -2.42. The number of carbonyl (C=O) groups is 2. The minimum atomic E-state index is 0.0301. The molecule has 0 unspecified atom stereocenters. The van der Waals surface area contributed by atoms with E-state index in [9.17, 15) is 9.59 Å². The molecule has 2 aromatic rings. The number of ketones is 1. The number of piperidine rings is 1. The van der Waals surface area contributed by atoms with Crippen molar-refractivity contribution in [2.45, 2.75) is 32.1 Å². The summed E-state index contributed by atoms with van der Waals surface area (Å²) in [7, 11) is 3.58. The van der Waals surface area contributed by atoms with Crippen molar-refractivity contribution < 1.29 is 14.3 Å². The average Bonchev–Trinajstić information content (AvgIpc) is 2.81. The summed E-state index contributed by atoms with van der Waals surface area (Å²) >= 11 is 0. The summed E-state index contributed by atoms with van der Waals surface area (Å²) in [4.78, 5) is 29.1. The van der Waals surface area contributed by atoms with E-state index in [4.69, 9.17) is 4.74 Å². The Kier molecular flexibility index (Phi) is 8.65. The second kappa shape index (κ2) is 11.7. The van der Waals surface area contributed by atoms with E-state index in [2.05, 4.69) is 17.0 Å². The monoisotopic (exact) mass is 422 g/mol. The molecule has 31 heavy (non-hydrogen) atoms. The predicted octanol–water partition coefficient (Wildman–Crippen LogP) is 4.07. The number of ether oxygens (including phenoxy) is 1. The first-order chi connectivity index (χ1) is 15.1. The number of likely N-dealkylation sites (tertiary alicyclic amines) is 1. The molecule has 0 bridgehead atoms. The van der Waals surface area contributed by atoms with Gasteiger partial charge in [0.05, 0.1) is 7.11 Å². The fraction of sp³-hybridized carbons (Fsp3) is 0.462. The van der Waals surface area contributed by atoms with Gasteiger partial charge in [-0.05, 0) is 43.4 Å². The van der Waals surface area contributed by atoms with Crippen molar-refractivity contribution in [3.05, 3.63) is 65.7 Å². The Morgan fingerprint density at radius 1 is 1.06 bits per heavy atom. The van der Waals surface area contributed by atoms with Crippen molar-refractivity contribution in [3.63, 3.8) is 0 Å². The Morgan fingerprint density at radius 2 is 1.81 bits per heavy atom. The lowest BCUT2D eigenvalue weighted by molar-refractivity contribution is -0.130. The van der Waals surface area contributed by atoms with E-state index in [1.165, 1.54) is 5.56 Å². The Labute approximate surface area is 186 Å². The lowest BCUT2D eigenvalue weighted by atomic mass is 9.96. The second-order valence-electron chi connectivity index (χ2n) is 8.43. The smallest absolute Gasteiger partial charge is 0.222 e. The molecule has 2 aromatic carbocycles. The summed E-state index contributed by atoms with van der Waals surface area (Å²) in [6.45, 7) is 3.87. The van der Waals surface area contributed by atoms with Crippen molar-refractivity contribution in [3.8, 4) is 5.75 Å². The summed E-state index contributed by atoms with van der Waals surface area (Å²) in [6, 6.07) is 17.4. The van der Waals surface area contributed by atoms with Crippen LogP contribution in [0.25, 0.3) is 0 Å². The number of benzene rings is 2. The van der Waals surface area contributed by atoms with Crippen LogP contribution in [0.15, 0.2) is 54.6 Å². The minimum absolute atomic E-state index is 0.0301. The maximum atomic E-state index is 12.6. The molecular formula is C26H34N2O3. The van der Waals surface area contributed by atoms with Gasteiger partial charge in [-0.3, -0.25) is 9.59 Å². The SMILES string of the molecule is COc1ccccc1CCN1CCC[C@H](CN(C)C(=O)CCC(=O)c2ccccc2)C1. The van der Waals surface area contributed by atoms with E-state index in [0.29, 0.717) is 11.5 Å². The van der Waals surface area contributed by atoms with E-state index in [1.807, 2.05) is 42.3 Å². The molecule has 0 aromatic heterocycles. The summed E-state index contributed by atoms with van der Waals surface area (Å²) in [5.74, 6) is 1.51. The Morgan fingerprint density at radius 3 is 2.58 bits per heavy atom. The third-order valence-electron chi connectivity index (χ3n) is 6.11. The molecule has 1 heterocycles. The van der Waals surface area contributed by atoms with Crippen molar-refractivity contribution in [1.29, 1.82) is 0 Å². The maximum absolute atomic E-state index is 12.6. The molecule has 0 N–H and O–H groups in total. The molecule has 0 radical (unpaired) electrons. The third-order valence-corrected chi connectivity index (χ3v) is 6.11. The molecule has 1 atom stereocenters. The zero-order valence-corrected chi connectivity index (χ0v) is 18.8. The van der Waals surface area contributed by atoms with Gasteiger partial charge in [0, 0.05) is 45.1 Å². The quantitative estimate of drug-likeness (QED) is 0.542. The molecule has 0 spiro atoms. The molecule has 1 saturated heterocycles. The molecule has 1 amide bonds. The van der Waals surface area contributed by atoms with E-state index >= 15 is 0 Å². The topological polar surface area (TPSA) is 49.9 Å². The number of nitrogens with zero attached hydrogens (tertiary/aromatic N) is 2. The van der Waals surface area contributed by atoms with Crippen molar-refractivity contribution in [1.82, 2.24) is 9.80 Å². The highest BCUT2D eigenvalue weighted by molar-refractivity contribution is 5.97. The fourth-order valence-electron chi connectivity index (χ4n) is 4.36. The summed E-state index contributed by atoms with van der Waals surface area (Å²) in [6.07, 6.45) is 3.81.